The third-order valence-corrected chi connectivity index (χ3v) is 9.36. The van der Waals surface area contributed by atoms with Crippen LogP contribution in [0.3, 0.4) is 0 Å². The Balaban J connectivity index is 1.50. The van der Waals surface area contributed by atoms with E-state index in [1.165, 1.54) is 50.6 Å². The second-order valence-corrected chi connectivity index (χ2v) is 12.2. The third-order valence-electron chi connectivity index (χ3n) is 7.71. The molecule has 4 aromatic rings. The predicted octanol–water partition coefficient (Wildman–Crippen LogP) is 7.48. The number of rotatable bonds is 10. The Morgan fingerprint density at radius 3 is 2.54 bits per heavy atom. The van der Waals surface area contributed by atoms with Gasteiger partial charge in [-0.15, -0.1) is 11.3 Å². The zero-order valence-electron chi connectivity index (χ0n) is 23.5. The minimum Gasteiger partial charge on any atom is -0.496 e. The summed E-state index contributed by atoms with van der Waals surface area (Å²) in [6.07, 6.45) is 8.38. The molecular formula is C31H34BrN3O5S. The van der Waals surface area contributed by atoms with Crippen molar-refractivity contribution in [3.05, 3.63) is 57.5 Å². The van der Waals surface area contributed by atoms with Crippen LogP contribution in [0.25, 0.3) is 22.2 Å². The van der Waals surface area contributed by atoms with Gasteiger partial charge in [-0.25, -0.2) is 4.98 Å². The predicted molar refractivity (Wildman–Crippen MR) is 165 cm³/mol. The van der Waals surface area contributed by atoms with E-state index in [4.69, 9.17) is 19.2 Å². The molecule has 1 saturated carbocycles. The van der Waals surface area contributed by atoms with Crippen LogP contribution in [-0.2, 0) is 22.5 Å². The summed E-state index contributed by atoms with van der Waals surface area (Å²) in [6.45, 7) is -0.0698. The van der Waals surface area contributed by atoms with Crippen molar-refractivity contribution in [2.45, 2.75) is 51.5 Å². The smallest absolute Gasteiger partial charge is 0.325 e. The van der Waals surface area contributed by atoms with Crippen molar-refractivity contribution in [2.24, 2.45) is 5.92 Å². The van der Waals surface area contributed by atoms with Crippen molar-refractivity contribution in [1.82, 2.24) is 9.55 Å². The first-order valence-corrected chi connectivity index (χ1v) is 15.4. The molecule has 1 aliphatic carbocycles. The molecule has 0 spiro atoms. The summed E-state index contributed by atoms with van der Waals surface area (Å²) in [5, 5.41) is 4.37. The number of carbonyl (C=O) groups excluding carboxylic acids is 2. The van der Waals surface area contributed by atoms with Gasteiger partial charge in [-0.05, 0) is 52.9 Å². The molecule has 8 nitrogen and oxygen atoms in total. The standard InChI is InChI=1S/C31H34BrN3O5S/c1-38-25-17-26(39-2)22(32)16-21(25)29-27(14-13-19-9-5-4-6-10-19)41-31(33-29)34-30(37)24-15-20-11-7-8-12-23(20)35(24)18-28(36)40-3/h7-8,11-12,15-17,19H,4-6,9-10,13-14,18H2,1-3H3,(H,33,34,37). The van der Waals surface area contributed by atoms with Crippen LogP contribution in [0.2, 0.25) is 0 Å². The molecule has 41 heavy (non-hydrogen) atoms. The van der Waals surface area contributed by atoms with E-state index < -0.39 is 5.97 Å². The SMILES string of the molecule is COC(=O)Cn1c(C(=O)Nc2nc(-c3cc(Br)c(OC)cc3OC)c(CCC3CCCCC3)s2)cc2ccccc21. The van der Waals surface area contributed by atoms with Crippen LogP contribution >= 0.6 is 27.3 Å². The van der Waals surface area contributed by atoms with Crippen LogP contribution in [0.5, 0.6) is 11.5 Å². The minimum absolute atomic E-state index is 0.0698. The molecule has 5 rings (SSSR count). The number of methoxy groups -OCH3 is 3. The molecule has 0 bridgehead atoms. The second kappa shape index (κ2) is 13.1. The van der Waals surface area contributed by atoms with Crippen LogP contribution < -0.4 is 14.8 Å². The number of para-hydroxylation sites is 1. The average molecular weight is 641 g/mol. The van der Waals surface area contributed by atoms with Crippen LogP contribution in [0.1, 0.15) is 53.9 Å². The number of fused-ring (bicyclic) bond motifs is 1. The number of hydrogen-bond acceptors (Lipinski definition) is 7. The number of amides is 1. The number of benzene rings is 2. The largest absolute Gasteiger partial charge is 0.496 e. The summed E-state index contributed by atoms with van der Waals surface area (Å²) in [5.41, 5.74) is 2.76. The Hall–Kier alpha value is -3.37. The summed E-state index contributed by atoms with van der Waals surface area (Å²) in [7, 11) is 4.58. The quantitative estimate of drug-likeness (QED) is 0.181. The molecule has 0 aliphatic heterocycles. The number of anilines is 1. The van der Waals surface area contributed by atoms with Gasteiger partial charge in [-0.3, -0.25) is 14.9 Å². The monoisotopic (exact) mass is 639 g/mol. The Morgan fingerprint density at radius 1 is 1.05 bits per heavy atom. The number of nitrogens with zero attached hydrogens (tertiary/aromatic N) is 2. The van der Waals surface area contributed by atoms with Crippen molar-refractivity contribution < 1.29 is 23.8 Å². The molecule has 1 amide bonds. The van der Waals surface area contributed by atoms with Crippen LogP contribution in [0, 0.1) is 5.92 Å². The number of hydrogen-bond donors (Lipinski definition) is 1. The second-order valence-electron chi connectivity index (χ2n) is 10.2. The molecule has 2 heterocycles. The first-order valence-electron chi connectivity index (χ1n) is 13.8. The van der Waals surface area contributed by atoms with Crippen LogP contribution in [0.15, 0.2) is 46.9 Å². The Labute approximate surface area is 252 Å². The van der Waals surface area contributed by atoms with Crippen molar-refractivity contribution in [3.8, 4) is 22.8 Å². The Morgan fingerprint density at radius 2 is 1.80 bits per heavy atom. The molecule has 2 aromatic carbocycles. The van der Waals surface area contributed by atoms with Crippen molar-refractivity contribution >= 4 is 55.2 Å². The number of nitrogens with one attached hydrogen (secondary N) is 1. The normalized spacial score (nSPS) is 13.8. The maximum Gasteiger partial charge on any atom is 0.325 e. The van der Waals surface area contributed by atoms with Gasteiger partial charge in [-0.2, -0.15) is 0 Å². The molecular weight excluding hydrogens is 606 g/mol. The van der Waals surface area contributed by atoms with E-state index in [-0.39, 0.29) is 12.5 Å². The molecule has 1 fully saturated rings. The van der Waals surface area contributed by atoms with Crippen molar-refractivity contribution in [1.29, 1.82) is 0 Å². The van der Waals surface area contributed by atoms with Gasteiger partial charge in [0, 0.05) is 27.4 Å². The Bertz CT molecular complexity index is 1560. The van der Waals surface area contributed by atoms with E-state index in [9.17, 15) is 9.59 Å². The highest BCUT2D eigenvalue weighted by Gasteiger charge is 2.24. The fourth-order valence-electron chi connectivity index (χ4n) is 5.56. The lowest BCUT2D eigenvalue weighted by atomic mass is 9.86. The lowest BCUT2D eigenvalue weighted by molar-refractivity contribution is -0.141. The fourth-order valence-corrected chi connectivity index (χ4v) is 7.06. The van der Waals surface area contributed by atoms with E-state index >= 15 is 0 Å². The summed E-state index contributed by atoms with van der Waals surface area (Å²) in [4.78, 5) is 31.8. The fraction of sp³-hybridized carbons (Fsp3) is 0.387. The van der Waals surface area contributed by atoms with Gasteiger partial charge in [0.15, 0.2) is 5.13 Å². The highest BCUT2D eigenvalue weighted by Crippen LogP contribution is 2.43. The molecule has 1 N–H and O–H groups in total. The lowest BCUT2D eigenvalue weighted by Crippen LogP contribution is -2.20. The lowest BCUT2D eigenvalue weighted by Gasteiger charge is -2.21. The number of ether oxygens (including phenoxy) is 3. The summed E-state index contributed by atoms with van der Waals surface area (Å²) < 4.78 is 18.6. The first-order chi connectivity index (χ1) is 19.9. The maximum absolute atomic E-state index is 13.6. The molecule has 2 aromatic heterocycles. The van der Waals surface area contributed by atoms with Gasteiger partial charge in [0.1, 0.15) is 23.7 Å². The van der Waals surface area contributed by atoms with E-state index in [1.54, 1.807) is 24.9 Å². The first kappa shape index (κ1) is 29.1. The summed E-state index contributed by atoms with van der Waals surface area (Å²) >= 11 is 5.09. The zero-order chi connectivity index (χ0) is 28.9. The molecule has 0 radical (unpaired) electrons. The van der Waals surface area contributed by atoms with Crippen LogP contribution in [0.4, 0.5) is 5.13 Å². The molecule has 0 atom stereocenters. The van der Waals surface area contributed by atoms with Gasteiger partial charge in [0.25, 0.3) is 5.91 Å². The zero-order valence-corrected chi connectivity index (χ0v) is 25.9. The van der Waals surface area contributed by atoms with E-state index in [0.29, 0.717) is 28.2 Å². The molecule has 0 unspecified atom stereocenters. The van der Waals surface area contributed by atoms with E-state index in [0.717, 1.165) is 44.4 Å². The van der Waals surface area contributed by atoms with Gasteiger partial charge < -0.3 is 18.8 Å². The molecule has 1 aliphatic rings. The van der Waals surface area contributed by atoms with E-state index in [1.807, 2.05) is 36.4 Å². The van der Waals surface area contributed by atoms with Crippen molar-refractivity contribution in [2.75, 3.05) is 26.6 Å². The van der Waals surface area contributed by atoms with Gasteiger partial charge in [0.2, 0.25) is 0 Å². The molecule has 216 valence electrons. The number of halogens is 1. The van der Waals surface area contributed by atoms with Gasteiger partial charge in [-0.1, -0.05) is 50.3 Å². The number of aryl methyl sites for hydroxylation is 1. The van der Waals surface area contributed by atoms with Gasteiger partial charge in [0.05, 0.1) is 31.5 Å². The summed E-state index contributed by atoms with van der Waals surface area (Å²) in [6, 6.07) is 13.2. The highest BCUT2D eigenvalue weighted by molar-refractivity contribution is 9.10. The number of esters is 1. The maximum atomic E-state index is 13.6. The number of aromatic nitrogens is 2. The van der Waals surface area contributed by atoms with Crippen molar-refractivity contribution in [3.63, 3.8) is 0 Å². The number of thiazole rings is 1. The molecule has 0 saturated heterocycles. The highest BCUT2D eigenvalue weighted by atomic mass is 79.9. The topological polar surface area (TPSA) is 91.7 Å². The van der Waals surface area contributed by atoms with Crippen LogP contribution in [-0.4, -0.2) is 42.8 Å². The van der Waals surface area contributed by atoms with E-state index in [2.05, 4.69) is 21.2 Å². The summed E-state index contributed by atoms with van der Waals surface area (Å²) in [5.74, 6) is 1.24. The minimum atomic E-state index is -0.431. The molecule has 10 heteroatoms. The number of carbonyl (C=O) groups is 2. The average Bonchev–Trinajstić information content (AvgIpc) is 3.57. The van der Waals surface area contributed by atoms with Gasteiger partial charge >= 0.3 is 5.97 Å². The Kier molecular flexibility index (Phi) is 9.29. The third kappa shape index (κ3) is 6.43.